The number of aryl methyl sites for hydroxylation is 1. The van der Waals surface area contributed by atoms with Crippen molar-refractivity contribution < 1.29 is 19.7 Å². The highest BCUT2D eigenvalue weighted by Gasteiger charge is 2.27. The average molecular weight is 444 g/mol. The minimum Gasteiger partial charge on any atom is -0.507 e. The number of aromatic hydroxyl groups is 2. The summed E-state index contributed by atoms with van der Waals surface area (Å²) < 4.78 is 5.73. The number of carbonyl (C=O) groups is 1. The number of amides is 1. The predicted molar refractivity (Wildman–Crippen MR) is 128 cm³/mol. The molecular weight excluding hydrogens is 402 g/mol. The van der Waals surface area contributed by atoms with Gasteiger partial charge in [0, 0.05) is 24.1 Å². The topological polar surface area (TPSA) is 70.0 Å². The van der Waals surface area contributed by atoms with Gasteiger partial charge in [-0.1, -0.05) is 37.8 Å². The number of unbranched alkanes of at least 4 members (excludes halogenated alkanes) is 2. The summed E-state index contributed by atoms with van der Waals surface area (Å²) in [6.07, 6.45) is 14.1. The van der Waals surface area contributed by atoms with Crippen molar-refractivity contribution in [2.75, 3.05) is 7.05 Å². The smallest absolute Gasteiger partial charge is 0.410 e. The molecule has 32 heavy (non-hydrogen) atoms. The van der Waals surface area contributed by atoms with Crippen LogP contribution in [-0.2, 0) is 17.7 Å². The van der Waals surface area contributed by atoms with E-state index in [0.717, 1.165) is 81.8 Å². The van der Waals surface area contributed by atoms with E-state index in [9.17, 15) is 15.0 Å². The Morgan fingerprint density at radius 2 is 1.88 bits per heavy atom. The second-order valence-electron chi connectivity index (χ2n) is 9.76. The second kappa shape index (κ2) is 11.6. The van der Waals surface area contributed by atoms with Crippen molar-refractivity contribution in [3.8, 4) is 11.5 Å². The third kappa shape index (κ3) is 6.20. The van der Waals surface area contributed by atoms with E-state index in [2.05, 4.69) is 19.9 Å². The largest absolute Gasteiger partial charge is 0.507 e. The van der Waals surface area contributed by atoms with Crippen molar-refractivity contribution in [1.82, 2.24) is 4.90 Å². The molecule has 0 radical (unpaired) electrons. The number of carbonyl (C=O) groups excluding carboxylic acids is 1. The Morgan fingerprint density at radius 1 is 1.12 bits per heavy atom. The van der Waals surface area contributed by atoms with Gasteiger partial charge in [-0.05, 0) is 76.3 Å². The van der Waals surface area contributed by atoms with Gasteiger partial charge in [0.2, 0.25) is 0 Å². The summed E-state index contributed by atoms with van der Waals surface area (Å²) in [5.41, 5.74) is 3.56. The summed E-state index contributed by atoms with van der Waals surface area (Å²) in [5.74, 6) is 0.317. The number of benzene rings is 1. The molecule has 0 spiro atoms. The predicted octanol–water partition coefficient (Wildman–Crippen LogP) is 6.95. The maximum absolute atomic E-state index is 12.8. The van der Waals surface area contributed by atoms with E-state index in [1.807, 2.05) is 6.07 Å². The Kier molecular flexibility index (Phi) is 8.89. The molecule has 2 aliphatic rings. The Balaban J connectivity index is 1.85. The lowest BCUT2D eigenvalue weighted by Crippen LogP contribution is -2.32. The van der Waals surface area contributed by atoms with Gasteiger partial charge in [0.15, 0.2) is 0 Å². The molecule has 0 saturated heterocycles. The fraction of sp³-hybridized carbons (Fsp3) is 0.667. The lowest BCUT2D eigenvalue weighted by molar-refractivity contribution is 0.0496. The standard InChI is InChI=1S/C27H41NO4/c1-4-5-7-12-20-17-24(29)25(21-13-10-11-19(2)16-21)26(30)23(20)18-28(3)27(31)32-22-14-8-6-9-15-22/h16-17,21-22,29-30H,4-15,18H2,1-3H3. The normalized spacial score (nSPS) is 19.5. The fourth-order valence-corrected chi connectivity index (χ4v) is 5.15. The van der Waals surface area contributed by atoms with Crippen LogP contribution in [-0.4, -0.2) is 34.4 Å². The van der Waals surface area contributed by atoms with Crippen LogP contribution in [0.15, 0.2) is 17.7 Å². The molecule has 0 heterocycles. The maximum atomic E-state index is 12.8. The van der Waals surface area contributed by atoms with Gasteiger partial charge in [0.25, 0.3) is 0 Å². The Labute approximate surface area is 193 Å². The van der Waals surface area contributed by atoms with Crippen LogP contribution in [0, 0.1) is 0 Å². The lowest BCUT2D eigenvalue weighted by atomic mass is 9.83. The average Bonchev–Trinajstić information content (AvgIpc) is 2.77. The number of hydrogen-bond acceptors (Lipinski definition) is 4. The van der Waals surface area contributed by atoms with E-state index in [1.165, 1.54) is 12.0 Å². The molecule has 1 fully saturated rings. The second-order valence-corrected chi connectivity index (χ2v) is 9.76. The summed E-state index contributed by atoms with van der Waals surface area (Å²) in [4.78, 5) is 14.3. The molecule has 2 aliphatic carbocycles. The highest BCUT2D eigenvalue weighted by Crippen LogP contribution is 2.44. The first-order valence-electron chi connectivity index (χ1n) is 12.6. The summed E-state index contributed by atoms with van der Waals surface area (Å²) in [6.45, 7) is 4.54. The van der Waals surface area contributed by atoms with Crippen molar-refractivity contribution in [2.24, 2.45) is 0 Å². The molecule has 1 saturated carbocycles. The number of phenolic OH excluding ortho intramolecular Hbond substituents is 2. The van der Waals surface area contributed by atoms with E-state index < -0.39 is 0 Å². The third-order valence-electron chi connectivity index (χ3n) is 7.03. The van der Waals surface area contributed by atoms with E-state index in [1.54, 1.807) is 11.9 Å². The zero-order chi connectivity index (χ0) is 23.1. The molecule has 178 valence electrons. The molecule has 1 amide bonds. The molecule has 1 aromatic rings. The van der Waals surface area contributed by atoms with Crippen LogP contribution in [0.4, 0.5) is 4.79 Å². The van der Waals surface area contributed by atoms with Crippen molar-refractivity contribution in [3.63, 3.8) is 0 Å². The van der Waals surface area contributed by atoms with Gasteiger partial charge in [-0.3, -0.25) is 0 Å². The quantitative estimate of drug-likeness (QED) is 0.337. The zero-order valence-corrected chi connectivity index (χ0v) is 20.2. The molecule has 0 aliphatic heterocycles. The third-order valence-corrected chi connectivity index (χ3v) is 7.03. The number of hydrogen-bond donors (Lipinski definition) is 2. The number of rotatable bonds is 8. The monoisotopic (exact) mass is 443 g/mol. The molecule has 0 aromatic heterocycles. The number of ether oxygens (including phenoxy) is 1. The Morgan fingerprint density at radius 3 is 2.56 bits per heavy atom. The first-order chi connectivity index (χ1) is 15.4. The van der Waals surface area contributed by atoms with E-state index >= 15 is 0 Å². The van der Waals surface area contributed by atoms with Crippen LogP contribution in [0.3, 0.4) is 0 Å². The molecule has 3 rings (SSSR count). The molecule has 0 bridgehead atoms. The van der Waals surface area contributed by atoms with Gasteiger partial charge >= 0.3 is 6.09 Å². The molecule has 1 atom stereocenters. The van der Waals surface area contributed by atoms with Gasteiger partial charge < -0.3 is 19.8 Å². The summed E-state index contributed by atoms with van der Waals surface area (Å²) in [7, 11) is 1.73. The van der Waals surface area contributed by atoms with Crippen molar-refractivity contribution in [1.29, 1.82) is 0 Å². The SMILES string of the molecule is CCCCCc1cc(O)c(C2C=C(C)CCC2)c(O)c1CN(C)C(=O)OC1CCCCC1. The van der Waals surface area contributed by atoms with Crippen LogP contribution in [0.25, 0.3) is 0 Å². The van der Waals surface area contributed by atoms with Crippen LogP contribution < -0.4 is 0 Å². The number of nitrogens with zero attached hydrogens (tertiary/aromatic N) is 1. The zero-order valence-electron chi connectivity index (χ0n) is 20.2. The lowest BCUT2D eigenvalue weighted by Gasteiger charge is -2.27. The van der Waals surface area contributed by atoms with Crippen molar-refractivity contribution >= 4 is 6.09 Å². The maximum Gasteiger partial charge on any atom is 0.410 e. The van der Waals surface area contributed by atoms with E-state index in [4.69, 9.17) is 4.74 Å². The summed E-state index contributed by atoms with van der Waals surface area (Å²) in [6, 6.07) is 1.82. The number of phenols is 2. The minimum absolute atomic E-state index is 0.00190. The van der Waals surface area contributed by atoms with Gasteiger partial charge in [-0.2, -0.15) is 0 Å². The molecule has 5 nitrogen and oxygen atoms in total. The highest BCUT2D eigenvalue weighted by atomic mass is 16.6. The van der Waals surface area contributed by atoms with Crippen LogP contribution in [0.1, 0.15) is 107 Å². The van der Waals surface area contributed by atoms with Crippen LogP contribution in [0.2, 0.25) is 0 Å². The molecule has 2 N–H and O–H groups in total. The van der Waals surface area contributed by atoms with Gasteiger partial charge in [0.05, 0.1) is 6.54 Å². The summed E-state index contributed by atoms with van der Waals surface area (Å²) in [5, 5.41) is 22.2. The van der Waals surface area contributed by atoms with Gasteiger partial charge in [-0.15, -0.1) is 0 Å². The van der Waals surface area contributed by atoms with Crippen LogP contribution in [0.5, 0.6) is 11.5 Å². The highest BCUT2D eigenvalue weighted by molar-refractivity contribution is 5.68. The van der Waals surface area contributed by atoms with Crippen molar-refractivity contribution in [3.05, 3.63) is 34.4 Å². The first-order valence-corrected chi connectivity index (χ1v) is 12.6. The van der Waals surface area contributed by atoms with Crippen LogP contribution >= 0.6 is 0 Å². The first kappa shape index (κ1) is 24.5. The Hall–Kier alpha value is -2.17. The van der Waals surface area contributed by atoms with Gasteiger partial charge in [-0.25, -0.2) is 4.79 Å². The van der Waals surface area contributed by atoms with E-state index in [0.29, 0.717) is 5.56 Å². The molecular formula is C27H41NO4. The van der Waals surface area contributed by atoms with Gasteiger partial charge in [0.1, 0.15) is 17.6 Å². The minimum atomic E-state index is -0.334. The fourth-order valence-electron chi connectivity index (χ4n) is 5.15. The van der Waals surface area contributed by atoms with Crippen molar-refractivity contribution in [2.45, 2.75) is 109 Å². The molecule has 1 unspecified atom stereocenters. The molecule has 5 heteroatoms. The Bertz CT molecular complexity index is 810. The summed E-state index contributed by atoms with van der Waals surface area (Å²) >= 11 is 0. The molecule has 1 aromatic carbocycles. The number of allylic oxidation sites excluding steroid dienone is 2. The van der Waals surface area contributed by atoms with E-state index in [-0.39, 0.29) is 36.2 Å².